The van der Waals surface area contributed by atoms with E-state index in [4.69, 9.17) is 4.74 Å². The van der Waals surface area contributed by atoms with Gasteiger partial charge in [0, 0.05) is 27.5 Å². The molecule has 5 heteroatoms. The van der Waals surface area contributed by atoms with Crippen molar-refractivity contribution in [3.63, 3.8) is 0 Å². The summed E-state index contributed by atoms with van der Waals surface area (Å²) in [5.74, 6) is 1.63. The van der Waals surface area contributed by atoms with E-state index in [0.29, 0.717) is 6.42 Å². The maximum Gasteiger partial charge on any atom is 0.225 e. The van der Waals surface area contributed by atoms with Gasteiger partial charge in [0.15, 0.2) is 0 Å². The van der Waals surface area contributed by atoms with E-state index in [2.05, 4.69) is 16.8 Å². The van der Waals surface area contributed by atoms with Crippen molar-refractivity contribution in [2.24, 2.45) is 0 Å². The fourth-order valence-electron chi connectivity index (χ4n) is 2.20. The van der Waals surface area contributed by atoms with E-state index in [9.17, 15) is 4.79 Å². The maximum atomic E-state index is 12.0. The van der Waals surface area contributed by atoms with Crippen LogP contribution in [0.25, 0.3) is 10.1 Å². The van der Waals surface area contributed by atoms with Gasteiger partial charge < -0.3 is 10.1 Å². The lowest BCUT2D eigenvalue weighted by Crippen LogP contribution is -2.11. The Hall–Kier alpha value is -1.98. The molecule has 0 fully saturated rings. The minimum atomic E-state index is 0.0422. The van der Waals surface area contributed by atoms with Gasteiger partial charge in [0.1, 0.15) is 5.75 Å². The number of ether oxygens (including phenoxy) is 1. The van der Waals surface area contributed by atoms with Gasteiger partial charge in [0.05, 0.1) is 7.11 Å². The quantitative estimate of drug-likeness (QED) is 0.638. The second kappa shape index (κ2) is 7.53. The first-order valence-electron chi connectivity index (χ1n) is 7.28. The van der Waals surface area contributed by atoms with E-state index in [0.717, 1.165) is 22.1 Å². The second-order valence-corrected chi connectivity index (χ2v) is 7.11. The molecule has 0 unspecified atom stereocenters. The average Bonchev–Trinajstić information content (AvgIpc) is 3.03. The average molecular weight is 343 g/mol. The van der Waals surface area contributed by atoms with E-state index in [-0.39, 0.29) is 5.91 Å². The highest BCUT2D eigenvalue weighted by Crippen LogP contribution is 2.25. The Morgan fingerprint density at radius 3 is 2.78 bits per heavy atom. The zero-order valence-corrected chi connectivity index (χ0v) is 14.4. The standard InChI is InChI=1S/C18H17NO2S2/c1-21-15-3-5-16(6-4-15)22-11-9-18(20)19-14-2-7-17-13(12-14)8-10-23-17/h2-8,10,12H,9,11H2,1H3,(H,19,20). The summed E-state index contributed by atoms with van der Waals surface area (Å²) in [6.45, 7) is 0. The van der Waals surface area contributed by atoms with Crippen LogP contribution in [0.3, 0.4) is 0 Å². The number of hydrogen-bond acceptors (Lipinski definition) is 4. The number of nitrogens with one attached hydrogen (secondary N) is 1. The lowest BCUT2D eigenvalue weighted by atomic mass is 10.2. The van der Waals surface area contributed by atoms with Crippen molar-refractivity contribution in [3.8, 4) is 5.75 Å². The number of amides is 1. The minimum Gasteiger partial charge on any atom is -0.497 e. The van der Waals surface area contributed by atoms with Gasteiger partial charge in [-0.05, 0) is 59.3 Å². The molecule has 1 N–H and O–H groups in total. The predicted molar refractivity (Wildman–Crippen MR) is 98.8 cm³/mol. The zero-order chi connectivity index (χ0) is 16.1. The first kappa shape index (κ1) is 15.9. The van der Waals surface area contributed by atoms with Crippen molar-refractivity contribution in [3.05, 3.63) is 53.9 Å². The van der Waals surface area contributed by atoms with Crippen LogP contribution in [-0.2, 0) is 4.79 Å². The molecule has 0 radical (unpaired) electrons. The number of carbonyl (C=O) groups is 1. The van der Waals surface area contributed by atoms with Gasteiger partial charge in [-0.25, -0.2) is 0 Å². The number of rotatable bonds is 6. The van der Waals surface area contributed by atoms with Crippen LogP contribution >= 0.6 is 23.1 Å². The zero-order valence-electron chi connectivity index (χ0n) is 12.7. The number of thiophene rings is 1. The number of benzene rings is 2. The Morgan fingerprint density at radius 1 is 1.17 bits per heavy atom. The highest BCUT2D eigenvalue weighted by Gasteiger charge is 2.04. The highest BCUT2D eigenvalue weighted by molar-refractivity contribution is 7.99. The van der Waals surface area contributed by atoms with Gasteiger partial charge in [-0.2, -0.15) is 0 Å². The van der Waals surface area contributed by atoms with E-state index < -0.39 is 0 Å². The van der Waals surface area contributed by atoms with Crippen LogP contribution in [0.2, 0.25) is 0 Å². The molecular formula is C18H17NO2S2. The molecule has 1 amide bonds. The van der Waals surface area contributed by atoms with Crippen LogP contribution in [0.4, 0.5) is 5.69 Å². The van der Waals surface area contributed by atoms with E-state index in [1.165, 1.54) is 10.1 Å². The molecule has 0 saturated heterocycles. The van der Waals surface area contributed by atoms with Crippen molar-refractivity contribution in [2.75, 3.05) is 18.2 Å². The van der Waals surface area contributed by atoms with Crippen LogP contribution in [0.5, 0.6) is 5.75 Å². The van der Waals surface area contributed by atoms with Crippen molar-refractivity contribution in [2.45, 2.75) is 11.3 Å². The minimum absolute atomic E-state index is 0.0422. The number of anilines is 1. The van der Waals surface area contributed by atoms with Gasteiger partial charge in [-0.1, -0.05) is 0 Å². The Labute approximate surface area is 143 Å². The third-order valence-corrected chi connectivity index (χ3v) is 5.31. The Morgan fingerprint density at radius 2 is 2.00 bits per heavy atom. The third-order valence-electron chi connectivity index (χ3n) is 3.39. The molecule has 0 bridgehead atoms. The summed E-state index contributed by atoms with van der Waals surface area (Å²) in [7, 11) is 1.65. The van der Waals surface area contributed by atoms with Crippen LogP contribution < -0.4 is 10.1 Å². The molecule has 3 rings (SSSR count). The molecule has 0 spiro atoms. The first-order chi connectivity index (χ1) is 11.2. The van der Waals surface area contributed by atoms with Crippen molar-refractivity contribution in [1.82, 2.24) is 0 Å². The Balaban J connectivity index is 1.48. The summed E-state index contributed by atoms with van der Waals surface area (Å²) < 4.78 is 6.36. The predicted octanol–water partition coefficient (Wildman–Crippen LogP) is 5.03. The molecule has 3 aromatic rings. The summed E-state index contributed by atoms with van der Waals surface area (Å²) in [4.78, 5) is 13.2. The van der Waals surface area contributed by atoms with Gasteiger partial charge >= 0.3 is 0 Å². The topological polar surface area (TPSA) is 38.3 Å². The second-order valence-electron chi connectivity index (χ2n) is 5.00. The molecule has 0 aliphatic heterocycles. The van der Waals surface area contributed by atoms with Crippen molar-refractivity contribution in [1.29, 1.82) is 0 Å². The lowest BCUT2D eigenvalue weighted by Gasteiger charge is -2.06. The number of fused-ring (bicyclic) bond motifs is 1. The summed E-state index contributed by atoms with van der Waals surface area (Å²) >= 11 is 3.37. The molecule has 0 aliphatic carbocycles. The van der Waals surface area contributed by atoms with Crippen LogP contribution in [0, 0.1) is 0 Å². The first-order valence-corrected chi connectivity index (χ1v) is 9.15. The summed E-state index contributed by atoms with van der Waals surface area (Å²) in [6, 6.07) is 15.9. The summed E-state index contributed by atoms with van der Waals surface area (Å²) in [6.07, 6.45) is 0.484. The van der Waals surface area contributed by atoms with Gasteiger partial charge in [-0.3, -0.25) is 4.79 Å². The van der Waals surface area contributed by atoms with Crippen LogP contribution in [0.1, 0.15) is 6.42 Å². The molecule has 2 aromatic carbocycles. The fraction of sp³-hybridized carbons (Fsp3) is 0.167. The largest absolute Gasteiger partial charge is 0.497 e. The normalized spacial score (nSPS) is 10.7. The third kappa shape index (κ3) is 4.27. The van der Waals surface area contributed by atoms with E-state index in [1.54, 1.807) is 30.2 Å². The molecule has 0 atom stereocenters. The summed E-state index contributed by atoms with van der Waals surface area (Å²) in [5.41, 5.74) is 0.857. The molecule has 3 nitrogen and oxygen atoms in total. The molecule has 0 aliphatic rings. The van der Waals surface area contributed by atoms with Gasteiger partial charge in [0.25, 0.3) is 0 Å². The lowest BCUT2D eigenvalue weighted by molar-refractivity contribution is -0.115. The molecule has 0 saturated carbocycles. The number of methoxy groups -OCH3 is 1. The van der Waals surface area contributed by atoms with Crippen molar-refractivity contribution >= 4 is 44.8 Å². The number of carbonyl (C=O) groups excluding carboxylic acids is 1. The number of thioether (sulfide) groups is 1. The molecule has 118 valence electrons. The smallest absolute Gasteiger partial charge is 0.225 e. The van der Waals surface area contributed by atoms with E-state index in [1.807, 2.05) is 42.5 Å². The van der Waals surface area contributed by atoms with Gasteiger partial charge in [0.2, 0.25) is 5.91 Å². The van der Waals surface area contributed by atoms with Gasteiger partial charge in [-0.15, -0.1) is 23.1 Å². The molecular weight excluding hydrogens is 326 g/mol. The SMILES string of the molecule is COc1ccc(SCCC(=O)Nc2ccc3sccc3c2)cc1. The Kier molecular flexibility index (Phi) is 5.20. The molecule has 23 heavy (non-hydrogen) atoms. The molecule has 1 aromatic heterocycles. The maximum absolute atomic E-state index is 12.0. The Bertz CT molecular complexity index is 796. The van der Waals surface area contributed by atoms with Crippen LogP contribution in [-0.4, -0.2) is 18.8 Å². The van der Waals surface area contributed by atoms with Crippen molar-refractivity contribution < 1.29 is 9.53 Å². The number of hydrogen-bond donors (Lipinski definition) is 1. The fourth-order valence-corrected chi connectivity index (χ4v) is 3.82. The van der Waals surface area contributed by atoms with E-state index >= 15 is 0 Å². The molecule has 1 heterocycles. The van der Waals surface area contributed by atoms with Crippen LogP contribution in [0.15, 0.2) is 58.8 Å². The summed E-state index contributed by atoms with van der Waals surface area (Å²) in [5, 5.41) is 6.19. The highest BCUT2D eigenvalue weighted by atomic mass is 32.2. The monoisotopic (exact) mass is 343 g/mol.